The molecule has 0 saturated heterocycles. The van der Waals surface area contributed by atoms with Gasteiger partial charge in [0.15, 0.2) is 5.69 Å². The molecule has 0 aliphatic heterocycles. The predicted octanol–water partition coefficient (Wildman–Crippen LogP) is 1.11. The van der Waals surface area contributed by atoms with E-state index in [1.165, 1.54) is 6.33 Å². The summed E-state index contributed by atoms with van der Waals surface area (Å²) in [6, 6.07) is 1.91. The molecule has 0 bridgehead atoms. The van der Waals surface area contributed by atoms with Gasteiger partial charge in [0.2, 0.25) is 0 Å². The third-order valence-electron chi connectivity index (χ3n) is 1.67. The molecule has 0 aliphatic rings. The fourth-order valence-electron chi connectivity index (χ4n) is 1.07. The van der Waals surface area contributed by atoms with Crippen molar-refractivity contribution in [2.45, 2.75) is 25.9 Å². The van der Waals surface area contributed by atoms with Crippen LogP contribution in [0.15, 0.2) is 6.33 Å². The first kappa shape index (κ1) is 8.75. The van der Waals surface area contributed by atoms with E-state index in [1.807, 2.05) is 13.0 Å². The van der Waals surface area contributed by atoms with Crippen LogP contribution in [0.1, 0.15) is 37.3 Å². The van der Waals surface area contributed by atoms with Crippen LogP contribution in [0.25, 0.3) is 0 Å². The number of aliphatic hydroxyl groups is 1. The molecule has 0 radical (unpaired) electrons. The molecule has 1 atom stereocenters. The van der Waals surface area contributed by atoms with E-state index >= 15 is 0 Å². The maximum absolute atomic E-state index is 9.50. The molecule has 1 rings (SSSR count). The lowest BCUT2D eigenvalue weighted by Crippen LogP contribution is -1.99. The van der Waals surface area contributed by atoms with Crippen molar-refractivity contribution in [3.8, 4) is 6.07 Å². The molecule has 0 amide bonds. The number of hydrogen-bond donors (Lipinski definition) is 2. The fraction of sp³-hybridized carbons (Fsp3) is 0.500. The van der Waals surface area contributed by atoms with Gasteiger partial charge < -0.3 is 10.1 Å². The summed E-state index contributed by atoms with van der Waals surface area (Å²) in [7, 11) is 0. The average Bonchev–Trinajstić information content (AvgIpc) is 2.51. The molecule has 0 aliphatic carbocycles. The summed E-state index contributed by atoms with van der Waals surface area (Å²) in [6.45, 7) is 1.98. The number of hydrogen-bond acceptors (Lipinski definition) is 3. The van der Waals surface area contributed by atoms with E-state index in [0.717, 1.165) is 6.42 Å². The van der Waals surface area contributed by atoms with Gasteiger partial charge in [-0.2, -0.15) is 5.26 Å². The normalized spacial score (nSPS) is 12.4. The van der Waals surface area contributed by atoms with Gasteiger partial charge in [-0.3, -0.25) is 0 Å². The Morgan fingerprint density at radius 3 is 3.17 bits per heavy atom. The topological polar surface area (TPSA) is 72.7 Å². The Morgan fingerprint density at radius 1 is 1.83 bits per heavy atom. The number of aromatic amines is 1. The Kier molecular flexibility index (Phi) is 2.83. The third kappa shape index (κ3) is 1.63. The van der Waals surface area contributed by atoms with Crippen molar-refractivity contribution in [2.24, 2.45) is 0 Å². The lowest BCUT2D eigenvalue weighted by atomic mass is 10.1. The van der Waals surface area contributed by atoms with Gasteiger partial charge in [-0.05, 0) is 6.42 Å². The van der Waals surface area contributed by atoms with Crippen LogP contribution < -0.4 is 0 Å². The SMILES string of the molecule is CCCC(O)c1[nH]cnc1C#N. The van der Waals surface area contributed by atoms with E-state index in [9.17, 15) is 5.11 Å². The van der Waals surface area contributed by atoms with Crippen LogP contribution >= 0.6 is 0 Å². The van der Waals surface area contributed by atoms with Crippen molar-refractivity contribution < 1.29 is 5.11 Å². The monoisotopic (exact) mass is 165 g/mol. The minimum atomic E-state index is -0.591. The van der Waals surface area contributed by atoms with Gasteiger partial charge in [0.1, 0.15) is 6.07 Å². The number of nitrogens with zero attached hydrogens (tertiary/aromatic N) is 2. The lowest BCUT2D eigenvalue weighted by molar-refractivity contribution is 0.162. The molecule has 0 aromatic carbocycles. The number of nitrogens with one attached hydrogen (secondary N) is 1. The molecule has 0 saturated carbocycles. The zero-order valence-corrected chi connectivity index (χ0v) is 6.91. The van der Waals surface area contributed by atoms with Crippen molar-refractivity contribution in [3.05, 3.63) is 17.7 Å². The van der Waals surface area contributed by atoms with Crippen molar-refractivity contribution in [3.63, 3.8) is 0 Å². The van der Waals surface area contributed by atoms with Crippen LogP contribution in [0.5, 0.6) is 0 Å². The van der Waals surface area contributed by atoms with E-state index in [0.29, 0.717) is 12.1 Å². The molecule has 1 heterocycles. The quantitative estimate of drug-likeness (QED) is 0.704. The van der Waals surface area contributed by atoms with Crippen molar-refractivity contribution in [1.29, 1.82) is 5.26 Å². The van der Waals surface area contributed by atoms with E-state index in [-0.39, 0.29) is 5.69 Å². The summed E-state index contributed by atoms with van der Waals surface area (Å²) in [5, 5.41) is 18.1. The third-order valence-corrected chi connectivity index (χ3v) is 1.67. The molecule has 1 aromatic rings. The van der Waals surface area contributed by atoms with E-state index in [2.05, 4.69) is 9.97 Å². The molecule has 12 heavy (non-hydrogen) atoms. The molecule has 2 N–H and O–H groups in total. The van der Waals surface area contributed by atoms with Crippen LogP contribution in [-0.4, -0.2) is 15.1 Å². The van der Waals surface area contributed by atoms with Crippen LogP contribution in [-0.2, 0) is 0 Å². The number of imidazole rings is 1. The van der Waals surface area contributed by atoms with Gasteiger partial charge in [0, 0.05) is 0 Å². The number of nitriles is 1. The van der Waals surface area contributed by atoms with Crippen molar-refractivity contribution >= 4 is 0 Å². The highest BCUT2D eigenvalue weighted by Crippen LogP contribution is 2.17. The van der Waals surface area contributed by atoms with E-state index in [4.69, 9.17) is 5.26 Å². The fourth-order valence-corrected chi connectivity index (χ4v) is 1.07. The average molecular weight is 165 g/mol. The second-order valence-corrected chi connectivity index (χ2v) is 2.58. The Hall–Kier alpha value is -1.34. The number of aliphatic hydroxyl groups excluding tert-OH is 1. The van der Waals surface area contributed by atoms with Crippen LogP contribution in [0.2, 0.25) is 0 Å². The Bertz CT molecular complexity index is 287. The highest BCUT2D eigenvalue weighted by atomic mass is 16.3. The van der Waals surface area contributed by atoms with Crippen LogP contribution in [0.4, 0.5) is 0 Å². The minimum Gasteiger partial charge on any atom is -0.387 e. The maximum atomic E-state index is 9.50. The highest BCUT2D eigenvalue weighted by molar-refractivity contribution is 5.26. The summed E-state index contributed by atoms with van der Waals surface area (Å²) in [6.07, 6.45) is 2.36. The second kappa shape index (κ2) is 3.88. The Labute approximate surface area is 70.9 Å². The van der Waals surface area contributed by atoms with Crippen LogP contribution in [0.3, 0.4) is 0 Å². The molecular formula is C8H11N3O. The van der Waals surface area contributed by atoms with Crippen molar-refractivity contribution in [2.75, 3.05) is 0 Å². The predicted molar refractivity (Wildman–Crippen MR) is 43.2 cm³/mol. The largest absolute Gasteiger partial charge is 0.387 e. The summed E-state index contributed by atoms with van der Waals surface area (Å²) in [5.41, 5.74) is 0.815. The molecule has 1 aromatic heterocycles. The summed E-state index contributed by atoms with van der Waals surface area (Å²) in [4.78, 5) is 6.52. The van der Waals surface area contributed by atoms with Gasteiger partial charge in [0.05, 0.1) is 18.1 Å². The first-order valence-corrected chi connectivity index (χ1v) is 3.91. The van der Waals surface area contributed by atoms with Gasteiger partial charge in [0.25, 0.3) is 0 Å². The first-order chi connectivity index (χ1) is 5.79. The molecule has 64 valence electrons. The maximum Gasteiger partial charge on any atom is 0.164 e. The smallest absolute Gasteiger partial charge is 0.164 e. The Morgan fingerprint density at radius 2 is 2.58 bits per heavy atom. The number of H-pyrrole nitrogens is 1. The summed E-state index contributed by atoms with van der Waals surface area (Å²) in [5.74, 6) is 0. The van der Waals surface area contributed by atoms with Gasteiger partial charge in [-0.1, -0.05) is 13.3 Å². The van der Waals surface area contributed by atoms with Crippen LogP contribution in [0, 0.1) is 11.3 Å². The van der Waals surface area contributed by atoms with Gasteiger partial charge in [-0.15, -0.1) is 0 Å². The molecule has 1 unspecified atom stereocenters. The highest BCUT2D eigenvalue weighted by Gasteiger charge is 2.13. The summed E-state index contributed by atoms with van der Waals surface area (Å²) >= 11 is 0. The van der Waals surface area contributed by atoms with Gasteiger partial charge >= 0.3 is 0 Å². The molecule has 0 fully saturated rings. The molecule has 4 nitrogen and oxygen atoms in total. The first-order valence-electron chi connectivity index (χ1n) is 3.91. The molecule has 0 spiro atoms. The standard InChI is InChI=1S/C8H11N3O/c1-2-3-7(12)8-6(4-9)10-5-11-8/h5,7,12H,2-3H2,1H3,(H,10,11). The van der Waals surface area contributed by atoms with E-state index in [1.54, 1.807) is 0 Å². The second-order valence-electron chi connectivity index (χ2n) is 2.58. The zero-order chi connectivity index (χ0) is 8.97. The Balaban J connectivity index is 2.80. The zero-order valence-electron chi connectivity index (χ0n) is 6.91. The number of aromatic nitrogens is 2. The molecule has 4 heteroatoms. The van der Waals surface area contributed by atoms with E-state index < -0.39 is 6.10 Å². The number of rotatable bonds is 3. The summed E-state index contributed by atoms with van der Waals surface area (Å²) < 4.78 is 0. The lowest BCUT2D eigenvalue weighted by Gasteiger charge is -2.05. The molecular weight excluding hydrogens is 154 g/mol. The van der Waals surface area contributed by atoms with Gasteiger partial charge in [-0.25, -0.2) is 4.98 Å². The van der Waals surface area contributed by atoms with Crippen molar-refractivity contribution in [1.82, 2.24) is 9.97 Å². The minimum absolute atomic E-state index is 0.288.